The van der Waals surface area contributed by atoms with Crippen molar-refractivity contribution in [2.24, 2.45) is 5.92 Å². The topological polar surface area (TPSA) is 53.6 Å². The van der Waals surface area contributed by atoms with Gasteiger partial charge in [-0.3, -0.25) is 0 Å². The molecule has 2 atom stereocenters. The van der Waals surface area contributed by atoms with Gasteiger partial charge in [-0.15, -0.1) is 0 Å². The van der Waals surface area contributed by atoms with Crippen molar-refractivity contribution in [2.75, 3.05) is 0 Å². The molecule has 1 aliphatic rings. The second kappa shape index (κ2) is 6.18. The summed E-state index contributed by atoms with van der Waals surface area (Å²) < 4.78 is 0. The first-order valence-electron chi connectivity index (χ1n) is 7.53. The molecule has 2 aromatic rings. The minimum Gasteiger partial charge on any atom is -0.308 e. The SMILES string of the molecule is CC1CCCCC1NCc1n[nH]nc1-c1ccccc1. The second-order valence-corrected chi connectivity index (χ2v) is 5.73. The highest BCUT2D eigenvalue weighted by molar-refractivity contribution is 5.60. The zero-order chi connectivity index (χ0) is 13.8. The van der Waals surface area contributed by atoms with Crippen molar-refractivity contribution < 1.29 is 0 Å². The fourth-order valence-electron chi connectivity index (χ4n) is 3.05. The first-order valence-corrected chi connectivity index (χ1v) is 7.53. The number of hydrogen-bond acceptors (Lipinski definition) is 3. The van der Waals surface area contributed by atoms with Gasteiger partial charge in [-0.05, 0) is 18.8 Å². The van der Waals surface area contributed by atoms with Crippen LogP contribution in [0, 0.1) is 5.92 Å². The van der Waals surface area contributed by atoms with E-state index >= 15 is 0 Å². The van der Waals surface area contributed by atoms with E-state index in [0.29, 0.717) is 6.04 Å². The van der Waals surface area contributed by atoms with Crippen molar-refractivity contribution in [3.8, 4) is 11.3 Å². The van der Waals surface area contributed by atoms with E-state index in [1.807, 2.05) is 18.2 Å². The Labute approximate surface area is 120 Å². The molecular formula is C16H22N4. The normalized spacial score (nSPS) is 22.9. The average Bonchev–Trinajstić information content (AvgIpc) is 2.96. The van der Waals surface area contributed by atoms with E-state index in [-0.39, 0.29) is 0 Å². The number of nitrogens with one attached hydrogen (secondary N) is 2. The number of benzene rings is 1. The van der Waals surface area contributed by atoms with Gasteiger partial charge in [0.05, 0.1) is 0 Å². The molecule has 0 amide bonds. The third-order valence-corrected chi connectivity index (χ3v) is 4.31. The van der Waals surface area contributed by atoms with Gasteiger partial charge in [0.1, 0.15) is 11.4 Å². The van der Waals surface area contributed by atoms with Gasteiger partial charge in [-0.2, -0.15) is 15.4 Å². The van der Waals surface area contributed by atoms with Gasteiger partial charge in [-0.1, -0.05) is 50.1 Å². The predicted molar refractivity (Wildman–Crippen MR) is 80.1 cm³/mol. The van der Waals surface area contributed by atoms with Crippen molar-refractivity contribution in [1.82, 2.24) is 20.7 Å². The Balaban J connectivity index is 1.68. The minimum absolute atomic E-state index is 0.615. The van der Waals surface area contributed by atoms with Gasteiger partial charge in [0.15, 0.2) is 0 Å². The summed E-state index contributed by atoms with van der Waals surface area (Å²) in [5.74, 6) is 0.760. The Kier molecular flexibility index (Phi) is 4.11. The Morgan fingerprint density at radius 3 is 2.75 bits per heavy atom. The highest BCUT2D eigenvalue weighted by Gasteiger charge is 2.21. The molecule has 106 valence electrons. The lowest BCUT2D eigenvalue weighted by Gasteiger charge is -2.29. The van der Waals surface area contributed by atoms with E-state index in [1.54, 1.807) is 0 Å². The van der Waals surface area contributed by atoms with Crippen LogP contribution in [0.4, 0.5) is 0 Å². The van der Waals surface area contributed by atoms with Crippen LogP contribution in [-0.4, -0.2) is 21.5 Å². The first kappa shape index (κ1) is 13.3. The van der Waals surface area contributed by atoms with Gasteiger partial charge in [0.25, 0.3) is 0 Å². The van der Waals surface area contributed by atoms with Crippen molar-refractivity contribution >= 4 is 0 Å². The van der Waals surface area contributed by atoms with E-state index in [2.05, 4.69) is 39.8 Å². The molecule has 1 saturated carbocycles. The molecule has 20 heavy (non-hydrogen) atoms. The largest absolute Gasteiger partial charge is 0.308 e. The number of nitrogens with zero attached hydrogens (tertiary/aromatic N) is 2. The molecule has 1 heterocycles. The Bertz CT molecular complexity index is 534. The highest BCUT2D eigenvalue weighted by atomic mass is 15.3. The maximum absolute atomic E-state index is 4.30. The smallest absolute Gasteiger partial charge is 0.117 e. The van der Waals surface area contributed by atoms with Gasteiger partial charge in [-0.25, -0.2) is 0 Å². The second-order valence-electron chi connectivity index (χ2n) is 5.73. The van der Waals surface area contributed by atoms with Gasteiger partial charge in [0, 0.05) is 18.2 Å². The van der Waals surface area contributed by atoms with E-state index in [1.165, 1.54) is 25.7 Å². The molecule has 0 radical (unpaired) electrons. The third-order valence-electron chi connectivity index (χ3n) is 4.31. The van der Waals surface area contributed by atoms with Crippen molar-refractivity contribution in [2.45, 2.75) is 45.2 Å². The summed E-state index contributed by atoms with van der Waals surface area (Å²) in [4.78, 5) is 0. The monoisotopic (exact) mass is 270 g/mol. The average molecular weight is 270 g/mol. The number of aromatic nitrogens is 3. The standard InChI is InChI=1S/C16H22N4/c1-12-7-5-6-10-14(12)17-11-15-16(19-20-18-15)13-8-3-2-4-9-13/h2-4,8-9,12,14,17H,5-7,10-11H2,1H3,(H,18,19,20). The summed E-state index contributed by atoms with van der Waals surface area (Å²) >= 11 is 0. The molecule has 0 saturated heterocycles. The molecule has 1 fully saturated rings. The van der Waals surface area contributed by atoms with Crippen LogP contribution >= 0.6 is 0 Å². The summed E-state index contributed by atoms with van der Waals surface area (Å²) in [5.41, 5.74) is 3.09. The van der Waals surface area contributed by atoms with Crippen molar-refractivity contribution in [1.29, 1.82) is 0 Å². The van der Waals surface area contributed by atoms with Crippen LogP contribution in [0.3, 0.4) is 0 Å². The van der Waals surface area contributed by atoms with Crippen LogP contribution in [0.1, 0.15) is 38.3 Å². The molecule has 2 N–H and O–H groups in total. The lowest BCUT2D eigenvalue weighted by molar-refractivity contribution is 0.279. The van der Waals surface area contributed by atoms with Crippen LogP contribution in [-0.2, 0) is 6.54 Å². The molecule has 1 aliphatic carbocycles. The molecule has 3 rings (SSSR count). The fourth-order valence-corrected chi connectivity index (χ4v) is 3.05. The number of rotatable bonds is 4. The zero-order valence-corrected chi connectivity index (χ0v) is 12.0. The summed E-state index contributed by atoms with van der Waals surface area (Å²) in [7, 11) is 0. The van der Waals surface area contributed by atoms with Crippen molar-refractivity contribution in [3.63, 3.8) is 0 Å². The molecule has 0 bridgehead atoms. The van der Waals surface area contributed by atoms with Gasteiger partial charge in [0.2, 0.25) is 0 Å². The minimum atomic E-state index is 0.615. The van der Waals surface area contributed by atoms with E-state index in [4.69, 9.17) is 0 Å². The maximum atomic E-state index is 4.30. The zero-order valence-electron chi connectivity index (χ0n) is 12.0. The van der Waals surface area contributed by atoms with E-state index < -0.39 is 0 Å². The maximum Gasteiger partial charge on any atom is 0.117 e. The quantitative estimate of drug-likeness (QED) is 0.897. The van der Waals surface area contributed by atoms with Crippen LogP contribution < -0.4 is 5.32 Å². The molecule has 1 aromatic carbocycles. The Hall–Kier alpha value is -1.68. The number of hydrogen-bond donors (Lipinski definition) is 2. The Morgan fingerprint density at radius 1 is 1.15 bits per heavy atom. The third kappa shape index (κ3) is 2.90. The molecule has 1 aromatic heterocycles. The summed E-state index contributed by atoms with van der Waals surface area (Å²) in [6.07, 6.45) is 5.33. The molecular weight excluding hydrogens is 248 g/mol. The van der Waals surface area contributed by atoms with Crippen LogP contribution in [0.2, 0.25) is 0 Å². The summed E-state index contributed by atoms with van der Waals surface area (Å²) in [6.45, 7) is 3.13. The Morgan fingerprint density at radius 2 is 1.95 bits per heavy atom. The van der Waals surface area contributed by atoms with Crippen molar-refractivity contribution in [3.05, 3.63) is 36.0 Å². The first-order chi connectivity index (χ1) is 9.84. The van der Waals surface area contributed by atoms with Crippen LogP contribution in [0.15, 0.2) is 30.3 Å². The highest BCUT2D eigenvalue weighted by Crippen LogP contribution is 2.25. The van der Waals surface area contributed by atoms with Crippen LogP contribution in [0.25, 0.3) is 11.3 Å². The molecule has 2 unspecified atom stereocenters. The summed E-state index contributed by atoms with van der Waals surface area (Å²) in [5, 5.41) is 15.0. The molecule has 0 spiro atoms. The van der Waals surface area contributed by atoms with E-state index in [0.717, 1.165) is 29.4 Å². The van der Waals surface area contributed by atoms with Crippen LogP contribution in [0.5, 0.6) is 0 Å². The lowest BCUT2D eigenvalue weighted by atomic mass is 9.86. The molecule has 4 heteroatoms. The predicted octanol–water partition coefficient (Wildman–Crippen LogP) is 3.14. The molecule has 0 aliphatic heterocycles. The lowest BCUT2D eigenvalue weighted by Crippen LogP contribution is -2.36. The molecule has 4 nitrogen and oxygen atoms in total. The van der Waals surface area contributed by atoms with Gasteiger partial charge < -0.3 is 5.32 Å². The van der Waals surface area contributed by atoms with Gasteiger partial charge >= 0.3 is 0 Å². The fraction of sp³-hybridized carbons (Fsp3) is 0.500. The van der Waals surface area contributed by atoms with E-state index in [9.17, 15) is 0 Å². The summed E-state index contributed by atoms with van der Waals surface area (Å²) in [6, 6.07) is 10.8. The number of H-pyrrole nitrogens is 1. The number of aromatic amines is 1.